The maximum atomic E-state index is 13.8. The SMILES string of the molecule is COc1nc2cc(F)c(F)cc2nc1C1CC(NC(N)=O)CCN1c1nccs1. The Morgan fingerprint density at radius 3 is 2.66 bits per heavy atom. The molecule has 2 unspecified atom stereocenters. The number of fused-ring (bicyclic) bond motifs is 1. The molecule has 0 bridgehead atoms. The van der Waals surface area contributed by atoms with Crippen LogP contribution < -0.4 is 20.7 Å². The Hall–Kier alpha value is -3.08. The number of aromatic nitrogens is 3. The van der Waals surface area contributed by atoms with Gasteiger partial charge in [0.05, 0.1) is 24.2 Å². The molecule has 8 nitrogen and oxygen atoms in total. The molecule has 0 spiro atoms. The number of nitrogens with two attached hydrogens (primary N) is 1. The largest absolute Gasteiger partial charge is 0.480 e. The van der Waals surface area contributed by atoms with Crippen LogP contribution in [0.2, 0.25) is 0 Å². The lowest BCUT2D eigenvalue weighted by Gasteiger charge is -2.39. The van der Waals surface area contributed by atoms with Gasteiger partial charge in [-0.25, -0.2) is 28.5 Å². The summed E-state index contributed by atoms with van der Waals surface area (Å²) in [6.07, 6.45) is 2.84. The predicted octanol–water partition coefficient (Wildman–Crippen LogP) is 2.75. The molecule has 11 heteroatoms. The topological polar surface area (TPSA) is 106 Å². The van der Waals surface area contributed by atoms with Gasteiger partial charge in [-0.2, -0.15) is 0 Å². The standard InChI is InChI=1S/C18H18F2N6O2S/c1-28-16-15(24-12-7-10(19)11(20)8-13(12)25-16)14-6-9(23-17(21)27)2-4-26(14)18-22-3-5-29-18/h3,5,7-9,14H,2,4,6H2,1H3,(H3,21,23,27). The fourth-order valence-electron chi connectivity index (χ4n) is 3.56. The molecular formula is C18H18F2N6O2S. The Bertz CT molecular complexity index is 1050. The first-order valence-electron chi connectivity index (χ1n) is 8.89. The zero-order valence-corrected chi connectivity index (χ0v) is 16.2. The zero-order valence-electron chi connectivity index (χ0n) is 15.4. The van der Waals surface area contributed by atoms with Crippen LogP contribution in [0.1, 0.15) is 24.6 Å². The van der Waals surface area contributed by atoms with Gasteiger partial charge in [0.15, 0.2) is 16.8 Å². The molecule has 29 heavy (non-hydrogen) atoms. The number of methoxy groups -OCH3 is 1. The molecule has 2 amide bonds. The van der Waals surface area contributed by atoms with Gasteiger partial charge < -0.3 is 20.7 Å². The summed E-state index contributed by atoms with van der Waals surface area (Å²) in [6, 6.07) is 0.857. The first-order valence-corrected chi connectivity index (χ1v) is 9.77. The second-order valence-electron chi connectivity index (χ2n) is 6.63. The first kappa shape index (κ1) is 19.2. The van der Waals surface area contributed by atoms with E-state index in [-0.39, 0.29) is 29.0 Å². The van der Waals surface area contributed by atoms with E-state index in [9.17, 15) is 13.6 Å². The maximum absolute atomic E-state index is 13.8. The van der Waals surface area contributed by atoms with Crippen LogP contribution in [-0.4, -0.2) is 40.7 Å². The van der Waals surface area contributed by atoms with E-state index in [4.69, 9.17) is 10.5 Å². The van der Waals surface area contributed by atoms with Crippen molar-refractivity contribution in [2.24, 2.45) is 5.73 Å². The van der Waals surface area contributed by atoms with Crippen LogP contribution in [-0.2, 0) is 0 Å². The van der Waals surface area contributed by atoms with E-state index in [1.165, 1.54) is 18.4 Å². The number of ether oxygens (including phenoxy) is 1. The average molecular weight is 420 g/mol. The smallest absolute Gasteiger partial charge is 0.312 e. The van der Waals surface area contributed by atoms with Gasteiger partial charge in [-0.3, -0.25) is 0 Å². The highest BCUT2D eigenvalue weighted by atomic mass is 32.1. The minimum Gasteiger partial charge on any atom is -0.480 e. The minimum atomic E-state index is -1.01. The van der Waals surface area contributed by atoms with Crippen molar-refractivity contribution in [1.82, 2.24) is 20.3 Å². The van der Waals surface area contributed by atoms with Crippen molar-refractivity contribution in [3.05, 3.63) is 41.0 Å². The molecule has 1 saturated heterocycles. The normalized spacial score (nSPS) is 19.3. The molecule has 3 heterocycles. The van der Waals surface area contributed by atoms with Crippen molar-refractivity contribution in [1.29, 1.82) is 0 Å². The highest BCUT2D eigenvalue weighted by Crippen LogP contribution is 2.39. The summed E-state index contributed by atoms with van der Waals surface area (Å²) >= 11 is 1.47. The van der Waals surface area contributed by atoms with Crippen LogP contribution in [0.25, 0.3) is 11.0 Å². The lowest BCUT2D eigenvalue weighted by atomic mass is 9.95. The Morgan fingerprint density at radius 2 is 2.03 bits per heavy atom. The molecule has 3 N–H and O–H groups in total. The van der Waals surface area contributed by atoms with E-state index in [1.807, 2.05) is 10.3 Å². The van der Waals surface area contributed by atoms with Crippen molar-refractivity contribution < 1.29 is 18.3 Å². The molecule has 1 aliphatic heterocycles. The van der Waals surface area contributed by atoms with Crippen molar-refractivity contribution in [3.63, 3.8) is 0 Å². The number of nitrogens with one attached hydrogen (secondary N) is 1. The van der Waals surface area contributed by atoms with Crippen LogP contribution in [0.5, 0.6) is 5.88 Å². The van der Waals surface area contributed by atoms with Gasteiger partial charge in [-0.1, -0.05) is 0 Å². The van der Waals surface area contributed by atoms with Crippen LogP contribution in [0, 0.1) is 11.6 Å². The monoisotopic (exact) mass is 420 g/mol. The van der Waals surface area contributed by atoms with Crippen molar-refractivity contribution in [2.75, 3.05) is 18.6 Å². The van der Waals surface area contributed by atoms with Gasteiger partial charge in [0, 0.05) is 36.3 Å². The Labute approximate surface area is 168 Å². The number of benzene rings is 1. The van der Waals surface area contributed by atoms with Crippen LogP contribution >= 0.6 is 11.3 Å². The second-order valence-corrected chi connectivity index (χ2v) is 7.50. The number of carbonyl (C=O) groups excluding carboxylic acids is 1. The van der Waals surface area contributed by atoms with Crippen LogP contribution in [0.15, 0.2) is 23.7 Å². The number of primary amides is 1. The van der Waals surface area contributed by atoms with E-state index < -0.39 is 17.7 Å². The van der Waals surface area contributed by atoms with Gasteiger partial charge in [0.2, 0.25) is 5.88 Å². The molecule has 2 atom stereocenters. The fourth-order valence-corrected chi connectivity index (χ4v) is 4.28. The number of piperidine rings is 1. The Balaban J connectivity index is 1.81. The molecule has 152 valence electrons. The third kappa shape index (κ3) is 3.77. The van der Waals surface area contributed by atoms with Gasteiger partial charge in [0.1, 0.15) is 5.69 Å². The zero-order chi connectivity index (χ0) is 20.5. The summed E-state index contributed by atoms with van der Waals surface area (Å²) in [7, 11) is 1.44. The number of urea groups is 1. The second kappa shape index (κ2) is 7.74. The summed E-state index contributed by atoms with van der Waals surface area (Å²) in [6.45, 7) is 0.587. The molecule has 2 aromatic heterocycles. The van der Waals surface area contributed by atoms with Crippen molar-refractivity contribution in [2.45, 2.75) is 24.9 Å². The molecule has 1 fully saturated rings. The van der Waals surface area contributed by atoms with Gasteiger partial charge >= 0.3 is 6.03 Å². The molecule has 1 aliphatic rings. The summed E-state index contributed by atoms with van der Waals surface area (Å²) in [5.41, 5.74) is 6.15. The molecule has 0 aliphatic carbocycles. The van der Waals surface area contributed by atoms with Crippen molar-refractivity contribution in [3.8, 4) is 5.88 Å². The molecule has 3 aromatic rings. The fraction of sp³-hybridized carbons (Fsp3) is 0.333. The van der Waals surface area contributed by atoms with E-state index in [1.54, 1.807) is 6.20 Å². The Kier molecular flexibility index (Phi) is 5.14. The number of nitrogens with zero attached hydrogens (tertiary/aromatic N) is 4. The number of anilines is 1. The minimum absolute atomic E-state index is 0.180. The summed E-state index contributed by atoms with van der Waals surface area (Å²) in [5, 5.41) is 5.38. The van der Waals surface area contributed by atoms with Crippen molar-refractivity contribution >= 4 is 33.5 Å². The number of hydrogen-bond acceptors (Lipinski definition) is 7. The maximum Gasteiger partial charge on any atom is 0.312 e. The Morgan fingerprint density at radius 1 is 1.31 bits per heavy atom. The van der Waals surface area contributed by atoms with E-state index >= 15 is 0 Å². The number of hydrogen-bond donors (Lipinski definition) is 2. The lowest BCUT2D eigenvalue weighted by Crippen LogP contribution is -2.48. The molecular weight excluding hydrogens is 402 g/mol. The number of rotatable bonds is 4. The molecule has 0 radical (unpaired) electrons. The summed E-state index contributed by atoms with van der Waals surface area (Å²) in [4.78, 5) is 26.6. The summed E-state index contributed by atoms with van der Waals surface area (Å²) in [5.74, 6) is -1.80. The lowest BCUT2D eigenvalue weighted by molar-refractivity contribution is 0.240. The highest BCUT2D eigenvalue weighted by molar-refractivity contribution is 7.13. The third-order valence-corrected chi connectivity index (χ3v) is 5.63. The molecule has 0 saturated carbocycles. The number of carbonyl (C=O) groups is 1. The van der Waals surface area contributed by atoms with Crippen LogP contribution in [0.3, 0.4) is 0 Å². The average Bonchev–Trinajstić information content (AvgIpc) is 3.22. The van der Waals surface area contributed by atoms with Crippen LogP contribution in [0.4, 0.5) is 18.7 Å². The molecule has 4 rings (SSSR count). The number of amides is 2. The number of halogens is 2. The van der Waals surface area contributed by atoms with Gasteiger partial charge in [-0.15, -0.1) is 11.3 Å². The van der Waals surface area contributed by atoms with Gasteiger partial charge in [-0.05, 0) is 12.8 Å². The number of thiazole rings is 1. The molecule has 1 aromatic carbocycles. The first-order chi connectivity index (χ1) is 14.0. The summed E-state index contributed by atoms with van der Waals surface area (Å²) < 4.78 is 32.8. The van der Waals surface area contributed by atoms with E-state index in [0.717, 1.165) is 17.3 Å². The predicted molar refractivity (Wildman–Crippen MR) is 104 cm³/mol. The third-order valence-electron chi connectivity index (χ3n) is 4.82. The van der Waals surface area contributed by atoms with E-state index in [2.05, 4.69) is 20.3 Å². The van der Waals surface area contributed by atoms with E-state index in [0.29, 0.717) is 25.1 Å². The van der Waals surface area contributed by atoms with Gasteiger partial charge in [0.25, 0.3) is 0 Å². The quantitative estimate of drug-likeness (QED) is 0.672. The highest BCUT2D eigenvalue weighted by Gasteiger charge is 2.35.